The number of carbonyl (C=O) groups is 1. The van der Waals surface area contributed by atoms with Crippen LogP contribution in [0.3, 0.4) is 0 Å². The number of benzene rings is 1. The summed E-state index contributed by atoms with van der Waals surface area (Å²) in [5, 5.41) is 6.40. The van der Waals surface area contributed by atoms with Crippen molar-refractivity contribution in [2.75, 3.05) is 18.8 Å². The molecule has 1 aromatic rings. The molecule has 0 saturated carbocycles. The van der Waals surface area contributed by atoms with E-state index in [1.807, 2.05) is 0 Å². The second-order valence-electron chi connectivity index (χ2n) is 5.44. The van der Waals surface area contributed by atoms with Crippen LogP contribution in [0.4, 0.5) is 0 Å². The van der Waals surface area contributed by atoms with Crippen molar-refractivity contribution in [2.24, 2.45) is 0 Å². The summed E-state index contributed by atoms with van der Waals surface area (Å²) in [5.74, 6) is 1.00. The maximum Gasteiger partial charge on any atom is 0.220 e. The zero-order chi connectivity index (χ0) is 14.4. The van der Waals surface area contributed by atoms with Crippen molar-refractivity contribution in [1.82, 2.24) is 10.6 Å². The molecule has 1 aromatic carbocycles. The molecule has 4 heteroatoms. The van der Waals surface area contributed by atoms with E-state index in [1.165, 1.54) is 28.9 Å². The smallest absolute Gasteiger partial charge is 0.220 e. The fraction of sp³-hybridized carbons (Fsp3) is 0.562. The molecular weight excluding hydrogens is 268 g/mol. The number of amides is 1. The fourth-order valence-corrected chi connectivity index (χ4v) is 3.27. The third-order valence-electron chi connectivity index (χ3n) is 3.78. The van der Waals surface area contributed by atoms with E-state index in [4.69, 9.17) is 0 Å². The lowest BCUT2D eigenvalue weighted by Crippen LogP contribution is -2.37. The summed E-state index contributed by atoms with van der Waals surface area (Å²) < 4.78 is 0. The van der Waals surface area contributed by atoms with Crippen LogP contribution in [0.5, 0.6) is 0 Å². The average Bonchev–Trinajstić information content (AvgIpc) is 2.94. The first-order valence-electron chi connectivity index (χ1n) is 7.35. The molecule has 0 aliphatic carbocycles. The minimum Gasteiger partial charge on any atom is -0.355 e. The normalized spacial score (nSPS) is 18.2. The van der Waals surface area contributed by atoms with Gasteiger partial charge in [0.05, 0.1) is 0 Å². The Hall–Kier alpha value is -1.00. The molecular formula is C16H24N2OS. The van der Waals surface area contributed by atoms with E-state index >= 15 is 0 Å². The number of hydrogen-bond acceptors (Lipinski definition) is 3. The van der Waals surface area contributed by atoms with Gasteiger partial charge in [0.15, 0.2) is 0 Å². The second-order valence-corrected chi connectivity index (χ2v) is 6.61. The number of aryl methyl sites for hydroxylation is 2. The molecule has 0 radical (unpaired) electrons. The lowest BCUT2D eigenvalue weighted by molar-refractivity contribution is -0.120. The molecule has 2 rings (SSSR count). The zero-order valence-corrected chi connectivity index (χ0v) is 13.2. The summed E-state index contributed by atoms with van der Waals surface area (Å²) in [5.41, 5.74) is 2.63. The minimum atomic E-state index is 0.162. The van der Waals surface area contributed by atoms with Crippen molar-refractivity contribution in [3.63, 3.8) is 0 Å². The van der Waals surface area contributed by atoms with E-state index < -0.39 is 0 Å². The van der Waals surface area contributed by atoms with E-state index in [1.54, 1.807) is 11.8 Å². The van der Waals surface area contributed by atoms with Crippen molar-refractivity contribution in [1.29, 1.82) is 0 Å². The van der Waals surface area contributed by atoms with Crippen LogP contribution >= 0.6 is 11.8 Å². The molecule has 1 aliphatic heterocycles. The Kier molecular flexibility index (Phi) is 5.92. The second kappa shape index (κ2) is 7.70. The molecule has 1 aliphatic rings. The Balaban J connectivity index is 1.64. The highest BCUT2D eigenvalue weighted by molar-refractivity contribution is 7.99. The van der Waals surface area contributed by atoms with Crippen LogP contribution in [0.1, 0.15) is 30.4 Å². The van der Waals surface area contributed by atoms with Gasteiger partial charge in [-0.05, 0) is 56.5 Å². The Morgan fingerprint density at radius 2 is 2.25 bits per heavy atom. The van der Waals surface area contributed by atoms with E-state index in [9.17, 15) is 4.79 Å². The molecule has 0 aromatic heterocycles. The van der Waals surface area contributed by atoms with Crippen molar-refractivity contribution in [2.45, 2.75) is 44.0 Å². The lowest BCUT2D eigenvalue weighted by Gasteiger charge is -2.11. The van der Waals surface area contributed by atoms with E-state index in [-0.39, 0.29) is 5.91 Å². The van der Waals surface area contributed by atoms with Gasteiger partial charge in [-0.1, -0.05) is 6.07 Å². The molecule has 1 amide bonds. The van der Waals surface area contributed by atoms with Crippen molar-refractivity contribution >= 4 is 17.7 Å². The van der Waals surface area contributed by atoms with Gasteiger partial charge in [0.25, 0.3) is 0 Å². The summed E-state index contributed by atoms with van der Waals surface area (Å²) >= 11 is 1.75. The highest BCUT2D eigenvalue weighted by atomic mass is 32.2. The number of carbonyl (C=O) groups excluding carboxylic acids is 1. The molecule has 1 saturated heterocycles. The predicted octanol–water partition coefficient (Wildman–Crippen LogP) is 2.65. The Morgan fingerprint density at radius 1 is 1.40 bits per heavy atom. The first-order valence-corrected chi connectivity index (χ1v) is 8.34. The van der Waals surface area contributed by atoms with Gasteiger partial charge in [-0.3, -0.25) is 4.79 Å². The van der Waals surface area contributed by atoms with Crippen molar-refractivity contribution in [3.8, 4) is 0 Å². The SMILES string of the molecule is Cc1ccc(SCCC(=O)NCC2CCCN2)cc1C. The van der Waals surface area contributed by atoms with Crippen LogP contribution in [0.25, 0.3) is 0 Å². The van der Waals surface area contributed by atoms with Crippen LogP contribution in [-0.4, -0.2) is 30.8 Å². The maximum atomic E-state index is 11.8. The fourth-order valence-electron chi connectivity index (χ4n) is 2.32. The third-order valence-corrected chi connectivity index (χ3v) is 4.78. The average molecular weight is 292 g/mol. The highest BCUT2D eigenvalue weighted by Gasteiger charge is 2.14. The summed E-state index contributed by atoms with van der Waals surface area (Å²) in [6, 6.07) is 6.95. The minimum absolute atomic E-state index is 0.162. The molecule has 1 atom stereocenters. The predicted molar refractivity (Wildman–Crippen MR) is 85.3 cm³/mol. The molecule has 20 heavy (non-hydrogen) atoms. The third kappa shape index (κ3) is 4.84. The topological polar surface area (TPSA) is 41.1 Å². The van der Waals surface area contributed by atoms with Crippen molar-refractivity contribution in [3.05, 3.63) is 29.3 Å². The van der Waals surface area contributed by atoms with E-state index in [0.29, 0.717) is 12.5 Å². The molecule has 0 bridgehead atoms. The van der Waals surface area contributed by atoms with Crippen LogP contribution in [0, 0.1) is 13.8 Å². The first-order chi connectivity index (χ1) is 9.65. The van der Waals surface area contributed by atoms with Crippen LogP contribution in [0.2, 0.25) is 0 Å². The molecule has 0 spiro atoms. The zero-order valence-electron chi connectivity index (χ0n) is 12.4. The largest absolute Gasteiger partial charge is 0.355 e. The molecule has 110 valence electrons. The van der Waals surface area contributed by atoms with E-state index in [2.05, 4.69) is 42.7 Å². The van der Waals surface area contributed by atoms with Crippen LogP contribution in [0.15, 0.2) is 23.1 Å². The van der Waals surface area contributed by atoms with Gasteiger partial charge < -0.3 is 10.6 Å². The first kappa shape index (κ1) is 15.4. The lowest BCUT2D eigenvalue weighted by atomic mass is 10.1. The molecule has 2 N–H and O–H groups in total. The Morgan fingerprint density at radius 3 is 2.95 bits per heavy atom. The van der Waals surface area contributed by atoms with Gasteiger partial charge in [-0.25, -0.2) is 0 Å². The number of rotatable bonds is 6. The molecule has 1 fully saturated rings. The number of nitrogens with one attached hydrogen (secondary N) is 2. The van der Waals surface area contributed by atoms with Crippen molar-refractivity contribution < 1.29 is 4.79 Å². The maximum absolute atomic E-state index is 11.8. The van der Waals surface area contributed by atoms with Crippen LogP contribution in [-0.2, 0) is 4.79 Å². The van der Waals surface area contributed by atoms with E-state index in [0.717, 1.165) is 18.8 Å². The van der Waals surface area contributed by atoms with Gasteiger partial charge in [-0.2, -0.15) is 0 Å². The van der Waals surface area contributed by atoms with Gasteiger partial charge in [0.2, 0.25) is 5.91 Å². The molecule has 1 unspecified atom stereocenters. The summed E-state index contributed by atoms with van der Waals surface area (Å²) in [6.07, 6.45) is 2.99. The number of hydrogen-bond donors (Lipinski definition) is 2. The summed E-state index contributed by atoms with van der Waals surface area (Å²) in [6.45, 7) is 6.10. The molecule has 1 heterocycles. The summed E-state index contributed by atoms with van der Waals surface area (Å²) in [4.78, 5) is 13.0. The quantitative estimate of drug-likeness (QED) is 0.792. The Labute approximate surface area is 125 Å². The summed E-state index contributed by atoms with van der Waals surface area (Å²) in [7, 11) is 0. The van der Waals surface area contributed by atoms with Gasteiger partial charge in [0, 0.05) is 29.7 Å². The standard InChI is InChI=1S/C16H24N2OS/c1-12-5-6-15(10-13(12)2)20-9-7-16(19)18-11-14-4-3-8-17-14/h5-6,10,14,17H,3-4,7-9,11H2,1-2H3,(H,18,19). The molecule has 3 nitrogen and oxygen atoms in total. The van der Waals surface area contributed by atoms with Gasteiger partial charge >= 0.3 is 0 Å². The monoisotopic (exact) mass is 292 g/mol. The highest BCUT2D eigenvalue weighted by Crippen LogP contribution is 2.21. The van der Waals surface area contributed by atoms with Gasteiger partial charge in [0.1, 0.15) is 0 Å². The number of thioether (sulfide) groups is 1. The van der Waals surface area contributed by atoms with Crippen LogP contribution < -0.4 is 10.6 Å². The Bertz CT molecular complexity index is 456. The van der Waals surface area contributed by atoms with Gasteiger partial charge in [-0.15, -0.1) is 11.8 Å².